The summed E-state index contributed by atoms with van der Waals surface area (Å²) in [5, 5.41) is 11.6. The largest absolute Gasteiger partial charge is 0.293 e. The number of nitrogens with zero attached hydrogens (tertiary/aromatic N) is 4. The molecule has 0 spiro atoms. The molecule has 1 aliphatic heterocycles. The Morgan fingerprint density at radius 3 is 1.77 bits per heavy atom. The van der Waals surface area contributed by atoms with Gasteiger partial charge in [-0.05, 0) is 36.8 Å². The van der Waals surface area contributed by atoms with Gasteiger partial charge in [-0.25, -0.2) is 4.68 Å². The van der Waals surface area contributed by atoms with Crippen LogP contribution in [0.1, 0.15) is 33.3 Å². The van der Waals surface area contributed by atoms with E-state index >= 15 is 0 Å². The number of benzene rings is 4. The first kappa shape index (κ1) is 23.0. The summed E-state index contributed by atoms with van der Waals surface area (Å²) in [5.41, 5.74) is 3.49. The number of hydrazone groups is 1. The van der Waals surface area contributed by atoms with Crippen molar-refractivity contribution in [3.8, 4) is 16.9 Å². The molecule has 1 aromatic heterocycles. The Morgan fingerprint density at radius 2 is 1.18 bits per heavy atom. The molecule has 7 rings (SSSR count). The highest BCUT2D eigenvalue weighted by Gasteiger charge is 2.62. The molecule has 2 aliphatic rings. The van der Waals surface area contributed by atoms with Crippen LogP contribution in [0.3, 0.4) is 0 Å². The van der Waals surface area contributed by atoms with Gasteiger partial charge in [0, 0.05) is 5.56 Å². The van der Waals surface area contributed by atoms with Gasteiger partial charge < -0.3 is 0 Å². The number of ketones is 2. The molecule has 4 aromatic carbocycles. The average molecular weight is 509 g/mol. The Hall–Kier alpha value is -5.10. The highest BCUT2D eigenvalue weighted by Crippen LogP contribution is 2.48. The number of aromatic nitrogens is 2. The van der Waals surface area contributed by atoms with E-state index in [4.69, 9.17) is 10.2 Å². The highest BCUT2D eigenvalue weighted by molar-refractivity contribution is 6.32. The van der Waals surface area contributed by atoms with Crippen molar-refractivity contribution < 1.29 is 9.59 Å². The van der Waals surface area contributed by atoms with E-state index in [1.807, 2.05) is 128 Å². The number of Topliss-reactive ketones (excluding diaryl/α,β-unsaturated/α-hetero) is 2. The van der Waals surface area contributed by atoms with E-state index in [0.29, 0.717) is 22.7 Å². The lowest BCUT2D eigenvalue weighted by atomic mass is 9.68. The van der Waals surface area contributed by atoms with Crippen LogP contribution in [0.2, 0.25) is 0 Å². The molecular weight excluding hydrogens is 484 g/mol. The van der Waals surface area contributed by atoms with Gasteiger partial charge in [-0.1, -0.05) is 97.1 Å². The van der Waals surface area contributed by atoms with Crippen LogP contribution in [-0.4, -0.2) is 32.6 Å². The van der Waals surface area contributed by atoms with Gasteiger partial charge in [-0.2, -0.15) is 10.2 Å². The number of carbonyl (C=O) groups excluding carboxylic acids is 2. The first-order valence-electron chi connectivity index (χ1n) is 12.9. The van der Waals surface area contributed by atoms with E-state index < -0.39 is 11.5 Å². The third-order valence-electron chi connectivity index (χ3n) is 7.67. The molecule has 6 nitrogen and oxygen atoms in total. The second kappa shape index (κ2) is 8.74. The van der Waals surface area contributed by atoms with Crippen LogP contribution >= 0.6 is 0 Å². The zero-order valence-electron chi connectivity index (χ0n) is 21.2. The molecule has 6 heteroatoms. The van der Waals surface area contributed by atoms with Crippen molar-refractivity contribution >= 4 is 23.0 Å². The maximum atomic E-state index is 14.8. The topological polar surface area (TPSA) is 67.6 Å². The van der Waals surface area contributed by atoms with Gasteiger partial charge in [-0.15, -0.1) is 0 Å². The van der Waals surface area contributed by atoms with E-state index in [2.05, 4.69) is 0 Å². The molecule has 0 unspecified atom stereocenters. The lowest BCUT2D eigenvalue weighted by Crippen LogP contribution is -2.59. The number of rotatable bonds is 4. The monoisotopic (exact) mass is 508 g/mol. The van der Waals surface area contributed by atoms with Crippen LogP contribution in [0, 0.1) is 5.92 Å². The average Bonchev–Trinajstić information content (AvgIpc) is 3.55. The van der Waals surface area contributed by atoms with Gasteiger partial charge in [0.1, 0.15) is 16.9 Å². The quantitative estimate of drug-likeness (QED) is 0.289. The first-order valence-corrected chi connectivity index (χ1v) is 12.9. The fraction of sp³-hybridized carbons (Fsp3) is 0.0909. The summed E-state index contributed by atoms with van der Waals surface area (Å²) >= 11 is 0. The van der Waals surface area contributed by atoms with E-state index in [1.54, 1.807) is 9.69 Å². The van der Waals surface area contributed by atoms with Crippen molar-refractivity contribution in [1.82, 2.24) is 9.78 Å². The summed E-state index contributed by atoms with van der Waals surface area (Å²) < 4.78 is 1.63. The number of hydrogen-bond donors (Lipinski definition) is 0. The van der Waals surface area contributed by atoms with E-state index in [1.165, 1.54) is 0 Å². The van der Waals surface area contributed by atoms with Crippen LogP contribution < -0.4 is 5.01 Å². The van der Waals surface area contributed by atoms with Gasteiger partial charge in [0.25, 0.3) is 0 Å². The molecule has 2 heterocycles. The summed E-state index contributed by atoms with van der Waals surface area (Å²) in [6.45, 7) is 1.83. The maximum Gasteiger partial charge on any atom is 0.210 e. The van der Waals surface area contributed by atoms with Crippen molar-refractivity contribution in [2.45, 2.75) is 12.5 Å². The maximum absolute atomic E-state index is 14.8. The lowest BCUT2D eigenvalue weighted by molar-refractivity contribution is 0.0761. The fourth-order valence-electron chi connectivity index (χ4n) is 5.79. The van der Waals surface area contributed by atoms with Crippen LogP contribution in [0.25, 0.3) is 16.9 Å². The van der Waals surface area contributed by atoms with Gasteiger partial charge in [-0.3, -0.25) is 14.6 Å². The van der Waals surface area contributed by atoms with E-state index in [0.717, 1.165) is 16.8 Å². The normalized spacial score (nSPS) is 20.0. The number of anilines is 1. The van der Waals surface area contributed by atoms with Gasteiger partial charge in [0.05, 0.1) is 28.6 Å². The minimum Gasteiger partial charge on any atom is -0.293 e. The molecular formula is C33H24N4O2. The predicted octanol–water partition coefficient (Wildman–Crippen LogP) is 6.22. The first-order chi connectivity index (χ1) is 19.1. The standard InChI is InChI=1S/C33H24N4O2/c1-33-27(29(23-16-8-3-9-17-23)35-37(33)25-20-12-5-13-21-25)31(38)26-28(22-14-6-2-7-15-22)34-36(30(26)32(33)39)24-18-10-4-11-19-24/h2-21,27H,1H3/t27-,33-/m1/s1. The third kappa shape index (κ3) is 3.35. The van der Waals surface area contributed by atoms with Gasteiger partial charge in [0.15, 0.2) is 5.78 Å². The molecule has 0 fully saturated rings. The molecule has 0 amide bonds. The number of para-hydroxylation sites is 2. The highest BCUT2D eigenvalue weighted by atomic mass is 16.1. The smallest absolute Gasteiger partial charge is 0.210 e. The summed E-state index contributed by atoms with van der Waals surface area (Å²) in [6, 6.07) is 38.3. The summed E-state index contributed by atoms with van der Waals surface area (Å²) in [6.07, 6.45) is 0. The molecule has 39 heavy (non-hydrogen) atoms. The van der Waals surface area contributed by atoms with Crippen LogP contribution in [0.5, 0.6) is 0 Å². The zero-order valence-corrected chi connectivity index (χ0v) is 21.2. The van der Waals surface area contributed by atoms with E-state index in [9.17, 15) is 9.59 Å². The number of fused-ring (bicyclic) bond motifs is 2. The molecule has 0 saturated heterocycles. The molecule has 2 atom stereocenters. The zero-order chi connectivity index (χ0) is 26.6. The second-order valence-electron chi connectivity index (χ2n) is 9.96. The minimum atomic E-state index is -1.28. The fourth-order valence-corrected chi connectivity index (χ4v) is 5.79. The van der Waals surface area contributed by atoms with Crippen LogP contribution in [-0.2, 0) is 0 Å². The summed E-state index contributed by atoms with van der Waals surface area (Å²) in [7, 11) is 0. The molecule has 188 valence electrons. The minimum absolute atomic E-state index is 0.158. The Morgan fingerprint density at radius 1 is 0.667 bits per heavy atom. The van der Waals surface area contributed by atoms with Crippen LogP contribution in [0.4, 0.5) is 5.69 Å². The Labute approximate surface area is 225 Å². The Balaban J connectivity index is 1.52. The van der Waals surface area contributed by atoms with Crippen molar-refractivity contribution in [2.24, 2.45) is 11.0 Å². The Bertz CT molecular complexity index is 1750. The van der Waals surface area contributed by atoms with Gasteiger partial charge >= 0.3 is 0 Å². The molecule has 0 radical (unpaired) electrons. The van der Waals surface area contributed by atoms with Gasteiger partial charge in [0.2, 0.25) is 5.78 Å². The Kier molecular flexibility index (Phi) is 5.16. The molecule has 0 N–H and O–H groups in total. The SMILES string of the molecule is C[C@]12C(=O)c3c(c(-c4ccccc4)nn3-c3ccccc3)C(=O)[C@H]1C(c1ccccc1)=NN2c1ccccc1. The van der Waals surface area contributed by atoms with Crippen molar-refractivity contribution in [1.29, 1.82) is 0 Å². The van der Waals surface area contributed by atoms with Crippen LogP contribution in [0.15, 0.2) is 126 Å². The van der Waals surface area contributed by atoms with E-state index in [-0.39, 0.29) is 17.3 Å². The molecule has 0 bridgehead atoms. The predicted molar refractivity (Wildman–Crippen MR) is 151 cm³/mol. The molecule has 5 aromatic rings. The molecule has 0 saturated carbocycles. The summed E-state index contributed by atoms with van der Waals surface area (Å²) in [4.78, 5) is 29.6. The van der Waals surface area contributed by atoms with Crippen molar-refractivity contribution in [2.75, 3.05) is 5.01 Å². The number of hydrogen-bond acceptors (Lipinski definition) is 5. The second-order valence-corrected chi connectivity index (χ2v) is 9.96. The summed E-state index contributed by atoms with van der Waals surface area (Å²) in [5.74, 6) is -1.16. The van der Waals surface area contributed by atoms with Crippen molar-refractivity contribution in [3.05, 3.63) is 138 Å². The third-order valence-corrected chi connectivity index (χ3v) is 7.67. The molecule has 1 aliphatic carbocycles. The number of carbonyl (C=O) groups is 2. The lowest BCUT2D eigenvalue weighted by Gasteiger charge is -2.39. The van der Waals surface area contributed by atoms with Crippen molar-refractivity contribution in [3.63, 3.8) is 0 Å².